The topological polar surface area (TPSA) is 104 Å². The first kappa shape index (κ1) is 16.6. The second-order valence-electron chi connectivity index (χ2n) is 7.48. The molecule has 0 radical (unpaired) electrons. The molecule has 0 aromatic rings. The van der Waals surface area contributed by atoms with Crippen LogP contribution in [0.5, 0.6) is 0 Å². The van der Waals surface area contributed by atoms with E-state index in [4.69, 9.17) is 10.2 Å². The van der Waals surface area contributed by atoms with Gasteiger partial charge in [0.2, 0.25) is 5.91 Å². The number of aliphatic carboxylic acids is 2. The molecule has 0 aromatic carbocycles. The molecule has 23 heavy (non-hydrogen) atoms. The smallest absolute Gasteiger partial charge is 0.317 e. The van der Waals surface area contributed by atoms with Crippen molar-refractivity contribution in [2.45, 2.75) is 55.7 Å². The number of amides is 1. The second-order valence-corrected chi connectivity index (χ2v) is 8.67. The Morgan fingerprint density at radius 1 is 1.04 bits per heavy atom. The van der Waals surface area contributed by atoms with Crippen LogP contribution in [0.15, 0.2) is 0 Å². The summed E-state index contributed by atoms with van der Waals surface area (Å²) in [4.78, 5) is 34.0. The van der Waals surface area contributed by atoms with Crippen molar-refractivity contribution >= 4 is 29.6 Å². The van der Waals surface area contributed by atoms with E-state index >= 15 is 0 Å². The highest BCUT2D eigenvalue weighted by Crippen LogP contribution is 2.55. The summed E-state index contributed by atoms with van der Waals surface area (Å²) in [6, 6.07) is 0. The van der Waals surface area contributed by atoms with Gasteiger partial charge in [-0.05, 0) is 56.3 Å². The van der Waals surface area contributed by atoms with E-state index in [-0.39, 0.29) is 17.2 Å². The SMILES string of the molecule is O=C(O)C[C@H](SCC(=O)NC12CC3CC(CC(C3)C1)C2)C(=O)O. The Hall–Kier alpha value is -1.24. The molecular weight excluding hydrogens is 318 g/mol. The fraction of sp³-hybridized carbons (Fsp3) is 0.812. The van der Waals surface area contributed by atoms with Crippen molar-refractivity contribution in [3.63, 3.8) is 0 Å². The maximum Gasteiger partial charge on any atom is 0.317 e. The van der Waals surface area contributed by atoms with E-state index in [1.54, 1.807) is 0 Å². The third-order valence-electron chi connectivity index (χ3n) is 5.49. The average Bonchev–Trinajstić information content (AvgIpc) is 2.40. The highest BCUT2D eigenvalue weighted by molar-refractivity contribution is 8.01. The number of nitrogens with one attached hydrogen (secondary N) is 1. The molecule has 4 rings (SSSR count). The molecule has 4 saturated carbocycles. The van der Waals surface area contributed by atoms with Crippen LogP contribution < -0.4 is 5.32 Å². The second kappa shape index (κ2) is 6.34. The van der Waals surface area contributed by atoms with Gasteiger partial charge in [0.1, 0.15) is 5.25 Å². The molecule has 1 atom stereocenters. The highest BCUT2D eigenvalue weighted by Gasteiger charge is 2.51. The normalized spacial score (nSPS) is 35.7. The third-order valence-corrected chi connectivity index (χ3v) is 6.69. The molecule has 6 nitrogen and oxygen atoms in total. The minimum Gasteiger partial charge on any atom is -0.481 e. The number of hydrogen-bond acceptors (Lipinski definition) is 4. The quantitative estimate of drug-likeness (QED) is 0.651. The van der Waals surface area contributed by atoms with E-state index in [9.17, 15) is 14.4 Å². The number of carboxylic acid groups (broad SMARTS) is 2. The summed E-state index contributed by atoms with van der Waals surface area (Å²) in [6.07, 6.45) is 6.56. The van der Waals surface area contributed by atoms with Gasteiger partial charge in [-0.3, -0.25) is 14.4 Å². The maximum atomic E-state index is 12.3. The molecule has 7 heteroatoms. The van der Waals surface area contributed by atoms with Crippen molar-refractivity contribution in [2.75, 3.05) is 5.75 Å². The predicted molar refractivity (Wildman–Crippen MR) is 85.2 cm³/mol. The zero-order valence-corrected chi connectivity index (χ0v) is 13.8. The lowest BCUT2D eigenvalue weighted by Crippen LogP contribution is -2.60. The molecular formula is C16H23NO5S. The summed E-state index contributed by atoms with van der Waals surface area (Å²) >= 11 is 0.902. The van der Waals surface area contributed by atoms with Crippen molar-refractivity contribution in [2.24, 2.45) is 17.8 Å². The molecule has 128 valence electrons. The van der Waals surface area contributed by atoms with Gasteiger partial charge in [-0.15, -0.1) is 11.8 Å². The monoisotopic (exact) mass is 341 g/mol. The van der Waals surface area contributed by atoms with E-state index in [1.165, 1.54) is 19.3 Å². The van der Waals surface area contributed by atoms with Crippen LogP contribution in [-0.2, 0) is 14.4 Å². The lowest BCUT2D eigenvalue weighted by atomic mass is 9.53. The average molecular weight is 341 g/mol. The van der Waals surface area contributed by atoms with Gasteiger partial charge in [-0.25, -0.2) is 0 Å². The van der Waals surface area contributed by atoms with Crippen molar-refractivity contribution in [3.8, 4) is 0 Å². The Balaban J connectivity index is 1.53. The van der Waals surface area contributed by atoms with E-state index in [2.05, 4.69) is 5.32 Å². The summed E-state index contributed by atoms with van der Waals surface area (Å²) < 4.78 is 0. The van der Waals surface area contributed by atoms with Gasteiger partial charge in [0, 0.05) is 5.54 Å². The lowest BCUT2D eigenvalue weighted by molar-refractivity contribution is -0.142. The molecule has 4 aliphatic carbocycles. The Morgan fingerprint density at radius 3 is 2.00 bits per heavy atom. The van der Waals surface area contributed by atoms with E-state index in [1.807, 2.05) is 0 Å². The van der Waals surface area contributed by atoms with Crippen LogP contribution in [-0.4, -0.2) is 44.6 Å². The molecule has 0 unspecified atom stereocenters. The Kier molecular flexibility index (Phi) is 4.58. The van der Waals surface area contributed by atoms with Crippen molar-refractivity contribution in [1.82, 2.24) is 5.32 Å². The van der Waals surface area contributed by atoms with E-state index < -0.39 is 23.6 Å². The van der Waals surface area contributed by atoms with Gasteiger partial charge in [0.05, 0.1) is 12.2 Å². The number of carboxylic acids is 2. The summed E-state index contributed by atoms with van der Waals surface area (Å²) in [7, 11) is 0. The first-order chi connectivity index (χ1) is 10.8. The standard InChI is InChI=1S/C16H23NO5S/c18-13(8-23-12(15(21)22)4-14(19)20)17-16-5-9-1-10(6-16)3-11(2-9)7-16/h9-12H,1-8H2,(H,17,18)(H,19,20)(H,21,22)/t9?,10?,11?,12-,16?/m0/s1. The summed E-state index contributed by atoms with van der Waals surface area (Å²) in [5.74, 6) is -0.305. The molecule has 1 amide bonds. The first-order valence-corrected chi connectivity index (χ1v) is 9.27. The largest absolute Gasteiger partial charge is 0.481 e. The third kappa shape index (κ3) is 3.82. The summed E-state index contributed by atoms with van der Waals surface area (Å²) in [6.45, 7) is 0. The Bertz CT molecular complexity index is 485. The van der Waals surface area contributed by atoms with Gasteiger partial charge in [-0.2, -0.15) is 0 Å². The van der Waals surface area contributed by atoms with Crippen molar-refractivity contribution in [3.05, 3.63) is 0 Å². The fourth-order valence-corrected chi connectivity index (χ4v) is 5.98. The summed E-state index contributed by atoms with van der Waals surface area (Å²) in [5, 5.41) is 19.9. The summed E-state index contributed by atoms with van der Waals surface area (Å²) in [5.41, 5.74) is -0.0854. The van der Waals surface area contributed by atoms with Gasteiger partial charge >= 0.3 is 11.9 Å². The minimum atomic E-state index is -1.18. The van der Waals surface area contributed by atoms with Gasteiger partial charge < -0.3 is 15.5 Å². The van der Waals surface area contributed by atoms with Gasteiger partial charge in [0.25, 0.3) is 0 Å². The van der Waals surface area contributed by atoms with Crippen LogP contribution in [0.3, 0.4) is 0 Å². The number of hydrogen-bond donors (Lipinski definition) is 3. The molecule has 0 heterocycles. The number of carbonyl (C=O) groups is 3. The fourth-order valence-electron chi connectivity index (χ4n) is 5.15. The van der Waals surface area contributed by atoms with Gasteiger partial charge in [0.15, 0.2) is 0 Å². The zero-order chi connectivity index (χ0) is 16.6. The van der Waals surface area contributed by atoms with Crippen LogP contribution in [0.1, 0.15) is 44.9 Å². The van der Waals surface area contributed by atoms with Crippen molar-refractivity contribution in [1.29, 1.82) is 0 Å². The number of rotatable bonds is 7. The molecule has 0 aromatic heterocycles. The zero-order valence-electron chi connectivity index (χ0n) is 13.0. The van der Waals surface area contributed by atoms with E-state index in [0.717, 1.165) is 48.8 Å². The van der Waals surface area contributed by atoms with Gasteiger partial charge in [-0.1, -0.05) is 0 Å². The van der Waals surface area contributed by atoms with Crippen LogP contribution in [0.4, 0.5) is 0 Å². The minimum absolute atomic E-state index is 0.00595. The Morgan fingerprint density at radius 2 is 1.57 bits per heavy atom. The molecule has 0 spiro atoms. The number of thioether (sulfide) groups is 1. The molecule has 0 aliphatic heterocycles. The molecule has 4 bridgehead atoms. The van der Waals surface area contributed by atoms with Crippen LogP contribution in [0.25, 0.3) is 0 Å². The molecule has 4 aliphatic rings. The predicted octanol–water partition coefficient (Wildman–Crippen LogP) is 1.73. The van der Waals surface area contributed by atoms with Crippen LogP contribution in [0.2, 0.25) is 0 Å². The van der Waals surface area contributed by atoms with Crippen LogP contribution >= 0.6 is 11.8 Å². The Labute approximate surface area is 139 Å². The molecule has 0 saturated heterocycles. The van der Waals surface area contributed by atoms with Crippen molar-refractivity contribution < 1.29 is 24.6 Å². The maximum absolute atomic E-state index is 12.3. The number of carbonyl (C=O) groups excluding carboxylic acids is 1. The van der Waals surface area contributed by atoms with E-state index in [0.29, 0.717) is 0 Å². The molecule has 4 fully saturated rings. The lowest BCUT2D eigenvalue weighted by Gasteiger charge is -2.56. The highest BCUT2D eigenvalue weighted by atomic mass is 32.2. The molecule has 3 N–H and O–H groups in total. The first-order valence-electron chi connectivity index (χ1n) is 8.22. The van der Waals surface area contributed by atoms with Crippen LogP contribution in [0, 0.1) is 17.8 Å².